The van der Waals surface area contributed by atoms with Gasteiger partial charge in [-0.05, 0) is 19.1 Å². The first-order chi connectivity index (χ1) is 9.17. The predicted molar refractivity (Wildman–Crippen MR) is 70.6 cm³/mol. The summed E-state index contributed by atoms with van der Waals surface area (Å²) in [6, 6.07) is 5.45. The third kappa shape index (κ3) is 2.88. The Kier molecular flexibility index (Phi) is 4.06. The van der Waals surface area contributed by atoms with E-state index in [-0.39, 0.29) is 6.61 Å². The maximum absolute atomic E-state index is 8.97. The molecule has 0 radical (unpaired) electrons. The first-order valence-corrected chi connectivity index (χ1v) is 5.98. The lowest BCUT2D eigenvalue weighted by Gasteiger charge is -2.06. The number of oxazole rings is 1. The summed E-state index contributed by atoms with van der Waals surface area (Å²) in [5.74, 6) is 2.56. The molecule has 5 heteroatoms. The maximum Gasteiger partial charge on any atom is 0.226 e. The summed E-state index contributed by atoms with van der Waals surface area (Å²) in [6.07, 6.45) is 0.483. The largest absolute Gasteiger partial charge is 0.497 e. The number of aryl methyl sites for hydroxylation is 1. The second kappa shape index (κ2) is 5.75. The number of hydrogen-bond acceptors (Lipinski definition) is 5. The van der Waals surface area contributed by atoms with Crippen LogP contribution in [0.4, 0.5) is 0 Å². The van der Waals surface area contributed by atoms with Crippen molar-refractivity contribution < 1.29 is 19.0 Å². The van der Waals surface area contributed by atoms with Crippen LogP contribution in [0.2, 0.25) is 0 Å². The Labute approximate surface area is 111 Å². The molecule has 0 amide bonds. The zero-order valence-corrected chi connectivity index (χ0v) is 11.3. The minimum Gasteiger partial charge on any atom is -0.497 e. The monoisotopic (exact) mass is 263 g/mol. The van der Waals surface area contributed by atoms with Gasteiger partial charge in [0.2, 0.25) is 5.89 Å². The number of aliphatic hydroxyl groups excluding tert-OH is 1. The van der Waals surface area contributed by atoms with Crippen LogP contribution >= 0.6 is 0 Å². The van der Waals surface area contributed by atoms with E-state index in [9.17, 15) is 0 Å². The number of methoxy groups -OCH3 is 2. The molecule has 0 aliphatic carbocycles. The minimum atomic E-state index is 0.0498. The summed E-state index contributed by atoms with van der Waals surface area (Å²) in [6.45, 7) is 1.88. The second-order valence-electron chi connectivity index (χ2n) is 4.10. The Bertz CT molecular complexity index is 540. The van der Waals surface area contributed by atoms with E-state index in [0.29, 0.717) is 29.6 Å². The Morgan fingerprint density at radius 2 is 1.79 bits per heavy atom. The standard InChI is InChI=1S/C14H17NO4/c1-9-13(4-5-16)15-14(19-9)10-6-11(17-2)8-12(7-10)18-3/h6-8,16H,4-5H2,1-3H3. The second-order valence-corrected chi connectivity index (χ2v) is 4.10. The fourth-order valence-corrected chi connectivity index (χ4v) is 1.82. The Hall–Kier alpha value is -2.01. The molecule has 0 unspecified atom stereocenters. The van der Waals surface area contributed by atoms with Gasteiger partial charge in [0.25, 0.3) is 0 Å². The van der Waals surface area contributed by atoms with Crippen molar-refractivity contribution in [3.8, 4) is 23.0 Å². The van der Waals surface area contributed by atoms with Gasteiger partial charge < -0.3 is 19.0 Å². The highest BCUT2D eigenvalue weighted by atomic mass is 16.5. The Morgan fingerprint density at radius 3 is 2.32 bits per heavy atom. The molecule has 0 atom stereocenters. The molecule has 0 saturated heterocycles. The van der Waals surface area contributed by atoms with E-state index >= 15 is 0 Å². The molecule has 19 heavy (non-hydrogen) atoms. The molecule has 1 aromatic heterocycles. The van der Waals surface area contributed by atoms with E-state index in [1.807, 2.05) is 19.1 Å². The lowest BCUT2D eigenvalue weighted by molar-refractivity contribution is 0.297. The van der Waals surface area contributed by atoms with E-state index in [2.05, 4.69) is 4.98 Å². The van der Waals surface area contributed by atoms with Crippen molar-refractivity contribution >= 4 is 0 Å². The summed E-state index contributed by atoms with van der Waals surface area (Å²) in [5.41, 5.74) is 1.54. The molecule has 1 aromatic carbocycles. The number of aliphatic hydroxyl groups is 1. The minimum absolute atomic E-state index is 0.0498. The van der Waals surface area contributed by atoms with E-state index in [0.717, 1.165) is 11.3 Å². The zero-order valence-electron chi connectivity index (χ0n) is 11.3. The summed E-state index contributed by atoms with van der Waals surface area (Å²) in [4.78, 5) is 4.38. The summed E-state index contributed by atoms with van der Waals surface area (Å²) < 4.78 is 16.0. The first-order valence-electron chi connectivity index (χ1n) is 5.98. The molecule has 102 valence electrons. The molecule has 0 fully saturated rings. The van der Waals surface area contributed by atoms with Crippen LogP contribution in [0.15, 0.2) is 22.6 Å². The van der Waals surface area contributed by atoms with Crippen molar-refractivity contribution in [1.82, 2.24) is 4.98 Å². The highest BCUT2D eigenvalue weighted by molar-refractivity contribution is 5.60. The van der Waals surface area contributed by atoms with Crippen molar-refractivity contribution in [3.63, 3.8) is 0 Å². The van der Waals surface area contributed by atoms with Crippen LogP contribution in [0.3, 0.4) is 0 Å². The lowest BCUT2D eigenvalue weighted by atomic mass is 10.2. The van der Waals surface area contributed by atoms with Crippen molar-refractivity contribution in [1.29, 1.82) is 0 Å². The molecular weight excluding hydrogens is 246 g/mol. The van der Waals surface area contributed by atoms with Gasteiger partial charge in [0.15, 0.2) is 0 Å². The molecule has 0 bridgehead atoms. The quantitative estimate of drug-likeness (QED) is 0.895. The molecule has 0 aliphatic heterocycles. The fraction of sp³-hybridized carbons (Fsp3) is 0.357. The number of hydrogen-bond donors (Lipinski definition) is 1. The van der Waals surface area contributed by atoms with E-state index < -0.39 is 0 Å². The summed E-state index contributed by atoms with van der Waals surface area (Å²) >= 11 is 0. The molecule has 2 aromatic rings. The highest BCUT2D eigenvalue weighted by Crippen LogP contribution is 2.30. The Balaban J connectivity index is 2.42. The van der Waals surface area contributed by atoms with Crippen LogP contribution in [0.1, 0.15) is 11.5 Å². The average Bonchev–Trinajstić information content (AvgIpc) is 2.80. The highest BCUT2D eigenvalue weighted by Gasteiger charge is 2.13. The number of aromatic nitrogens is 1. The third-order valence-electron chi connectivity index (χ3n) is 2.84. The predicted octanol–water partition coefficient (Wildman–Crippen LogP) is 2.20. The molecule has 0 saturated carbocycles. The van der Waals surface area contributed by atoms with Crippen molar-refractivity contribution in [2.24, 2.45) is 0 Å². The van der Waals surface area contributed by atoms with Crippen LogP contribution in [0.5, 0.6) is 11.5 Å². The maximum atomic E-state index is 8.97. The van der Waals surface area contributed by atoms with Crippen molar-refractivity contribution in [3.05, 3.63) is 29.7 Å². The van der Waals surface area contributed by atoms with Gasteiger partial charge in [-0.2, -0.15) is 0 Å². The summed E-state index contributed by atoms with van der Waals surface area (Å²) in [7, 11) is 3.19. The molecule has 1 N–H and O–H groups in total. The number of nitrogens with zero attached hydrogens (tertiary/aromatic N) is 1. The first kappa shape index (κ1) is 13.4. The van der Waals surface area contributed by atoms with Crippen LogP contribution in [0, 0.1) is 6.92 Å². The van der Waals surface area contributed by atoms with Crippen LogP contribution < -0.4 is 9.47 Å². The fourth-order valence-electron chi connectivity index (χ4n) is 1.82. The van der Waals surface area contributed by atoms with Gasteiger partial charge in [-0.25, -0.2) is 4.98 Å². The van der Waals surface area contributed by atoms with Crippen LogP contribution in [-0.4, -0.2) is 30.9 Å². The van der Waals surface area contributed by atoms with E-state index in [1.165, 1.54) is 0 Å². The van der Waals surface area contributed by atoms with E-state index in [1.54, 1.807) is 20.3 Å². The SMILES string of the molecule is COc1cc(OC)cc(-c2nc(CCO)c(C)o2)c1. The van der Waals surface area contributed by atoms with E-state index in [4.69, 9.17) is 19.0 Å². The van der Waals surface area contributed by atoms with Gasteiger partial charge in [0.05, 0.1) is 19.9 Å². The molecule has 1 heterocycles. The average molecular weight is 263 g/mol. The Morgan fingerprint density at radius 1 is 1.16 bits per heavy atom. The van der Waals surface area contributed by atoms with Gasteiger partial charge in [0.1, 0.15) is 17.3 Å². The van der Waals surface area contributed by atoms with Crippen molar-refractivity contribution in [2.45, 2.75) is 13.3 Å². The normalized spacial score (nSPS) is 10.5. The van der Waals surface area contributed by atoms with Gasteiger partial charge in [0, 0.05) is 24.7 Å². The van der Waals surface area contributed by atoms with Gasteiger partial charge >= 0.3 is 0 Å². The molecule has 5 nitrogen and oxygen atoms in total. The van der Waals surface area contributed by atoms with Gasteiger partial charge in [-0.15, -0.1) is 0 Å². The lowest BCUT2D eigenvalue weighted by Crippen LogP contribution is -1.93. The topological polar surface area (TPSA) is 64.7 Å². The summed E-state index contributed by atoms with van der Waals surface area (Å²) in [5, 5.41) is 8.97. The molecule has 0 aliphatic rings. The van der Waals surface area contributed by atoms with Crippen LogP contribution in [0.25, 0.3) is 11.5 Å². The zero-order chi connectivity index (χ0) is 13.8. The molecule has 2 rings (SSSR count). The molecular formula is C14H17NO4. The van der Waals surface area contributed by atoms with Crippen LogP contribution in [-0.2, 0) is 6.42 Å². The smallest absolute Gasteiger partial charge is 0.226 e. The van der Waals surface area contributed by atoms with Crippen molar-refractivity contribution in [2.75, 3.05) is 20.8 Å². The number of rotatable bonds is 5. The molecule has 0 spiro atoms. The number of benzene rings is 1. The third-order valence-corrected chi connectivity index (χ3v) is 2.84. The van der Waals surface area contributed by atoms with Gasteiger partial charge in [-0.1, -0.05) is 0 Å². The number of ether oxygens (including phenoxy) is 2. The van der Waals surface area contributed by atoms with Gasteiger partial charge in [-0.3, -0.25) is 0 Å².